The van der Waals surface area contributed by atoms with E-state index in [9.17, 15) is 4.79 Å². The number of methoxy groups -OCH3 is 1. The Kier molecular flexibility index (Phi) is 4.20. The number of amides is 1. The van der Waals surface area contributed by atoms with Gasteiger partial charge in [0.1, 0.15) is 5.75 Å². The fourth-order valence-corrected chi connectivity index (χ4v) is 2.24. The molecule has 0 spiro atoms. The maximum atomic E-state index is 12.3. The molecule has 0 bridgehead atoms. The van der Waals surface area contributed by atoms with Gasteiger partial charge in [-0.2, -0.15) is 0 Å². The van der Waals surface area contributed by atoms with Crippen LogP contribution in [0.15, 0.2) is 24.3 Å². The van der Waals surface area contributed by atoms with Gasteiger partial charge in [0.25, 0.3) is 0 Å². The molecule has 1 atom stereocenters. The van der Waals surface area contributed by atoms with Crippen LogP contribution in [0.3, 0.4) is 0 Å². The zero-order valence-electron chi connectivity index (χ0n) is 11.0. The van der Waals surface area contributed by atoms with Crippen molar-refractivity contribution in [2.24, 2.45) is 0 Å². The number of anilines is 1. The first-order valence-electron chi connectivity index (χ1n) is 6.37. The van der Waals surface area contributed by atoms with E-state index in [-0.39, 0.29) is 11.9 Å². The van der Waals surface area contributed by atoms with Crippen LogP contribution in [0, 0.1) is 0 Å². The first-order chi connectivity index (χ1) is 8.72. The normalized spacial score (nSPS) is 19.3. The highest BCUT2D eigenvalue weighted by Crippen LogP contribution is 2.21. The Bertz CT molecular complexity index is 414. The lowest BCUT2D eigenvalue weighted by Gasteiger charge is -2.27. The molecule has 18 heavy (non-hydrogen) atoms. The number of nitrogens with one attached hydrogen (secondary N) is 1. The average molecular weight is 248 g/mol. The zero-order valence-corrected chi connectivity index (χ0v) is 11.0. The standard InChI is InChI=1S/C14H20N2O2/c1-16(11-6-5-7-12(10-11)18-2)14(17)13-8-3-4-9-15-13/h5-7,10,13,15H,3-4,8-9H2,1-2H3/t13-/m1/s1. The number of rotatable bonds is 3. The third-order valence-corrected chi connectivity index (χ3v) is 3.38. The fraction of sp³-hybridized carbons (Fsp3) is 0.500. The quantitative estimate of drug-likeness (QED) is 0.887. The van der Waals surface area contributed by atoms with Gasteiger partial charge in [-0.05, 0) is 31.5 Å². The zero-order chi connectivity index (χ0) is 13.0. The molecule has 1 aromatic rings. The van der Waals surface area contributed by atoms with Gasteiger partial charge in [-0.3, -0.25) is 4.79 Å². The van der Waals surface area contributed by atoms with Crippen molar-refractivity contribution in [3.8, 4) is 5.75 Å². The lowest BCUT2D eigenvalue weighted by molar-refractivity contribution is -0.120. The summed E-state index contributed by atoms with van der Waals surface area (Å²) in [5.74, 6) is 0.895. The molecule has 1 heterocycles. The van der Waals surface area contributed by atoms with Gasteiger partial charge in [0.2, 0.25) is 5.91 Å². The summed E-state index contributed by atoms with van der Waals surface area (Å²) < 4.78 is 5.18. The Labute approximate surface area is 108 Å². The lowest BCUT2D eigenvalue weighted by atomic mass is 10.0. The molecule has 98 valence electrons. The van der Waals surface area contributed by atoms with E-state index in [0.29, 0.717) is 0 Å². The van der Waals surface area contributed by atoms with Crippen LogP contribution in [0.1, 0.15) is 19.3 Å². The highest BCUT2D eigenvalue weighted by Gasteiger charge is 2.24. The third kappa shape index (κ3) is 2.82. The van der Waals surface area contributed by atoms with E-state index >= 15 is 0 Å². The van der Waals surface area contributed by atoms with Gasteiger partial charge >= 0.3 is 0 Å². The molecule has 1 aromatic carbocycles. The first kappa shape index (κ1) is 12.9. The Balaban J connectivity index is 2.09. The molecule has 1 aliphatic rings. The van der Waals surface area contributed by atoms with E-state index in [2.05, 4.69) is 5.32 Å². The summed E-state index contributed by atoms with van der Waals surface area (Å²) in [5, 5.41) is 3.28. The number of nitrogens with zero attached hydrogens (tertiary/aromatic N) is 1. The molecule has 0 saturated carbocycles. The van der Waals surface area contributed by atoms with Crippen molar-refractivity contribution >= 4 is 11.6 Å². The molecule has 1 amide bonds. The Morgan fingerprint density at radius 2 is 2.28 bits per heavy atom. The second kappa shape index (κ2) is 5.87. The summed E-state index contributed by atoms with van der Waals surface area (Å²) in [5.41, 5.74) is 0.867. The molecular weight excluding hydrogens is 228 g/mol. The van der Waals surface area contributed by atoms with Gasteiger partial charge in [0, 0.05) is 18.8 Å². The summed E-state index contributed by atoms with van der Waals surface area (Å²) in [6.45, 7) is 0.933. The van der Waals surface area contributed by atoms with Gasteiger partial charge in [0.05, 0.1) is 13.2 Å². The molecule has 0 aliphatic carbocycles. The minimum atomic E-state index is -0.0463. The van der Waals surface area contributed by atoms with Crippen LogP contribution in [0.5, 0.6) is 5.75 Å². The van der Waals surface area contributed by atoms with Gasteiger partial charge in [-0.15, -0.1) is 0 Å². The van der Waals surface area contributed by atoms with Gasteiger partial charge in [-0.25, -0.2) is 0 Å². The maximum absolute atomic E-state index is 12.3. The van der Waals surface area contributed by atoms with Crippen molar-refractivity contribution < 1.29 is 9.53 Å². The topological polar surface area (TPSA) is 41.6 Å². The van der Waals surface area contributed by atoms with E-state index in [1.807, 2.05) is 31.3 Å². The maximum Gasteiger partial charge on any atom is 0.243 e. The van der Waals surface area contributed by atoms with Crippen LogP contribution < -0.4 is 15.0 Å². The highest BCUT2D eigenvalue weighted by atomic mass is 16.5. The van der Waals surface area contributed by atoms with Crippen LogP contribution in [0.25, 0.3) is 0 Å². The number of piperidine rings is 1. The summed E-state index contributed by atoms with van der Waals surface area (Å²) in [7, 11) is 3.44. The van der Waals surface area contributed by atoms with Crippen molar-refractivity contribution in [2.75, 3.05) is 25.6 Å². The summed E-state index contributed by atoms with van der Waals surface area (Å²) in [4.78, 5) is 14.0. The second-order valence-electron chi connectivity index (χ2n) is 4.60. The lowest BCUT2D eigenvalue weighted by Crippen LogP contribution is -2.47. The monoisotopic (exact) mass is 248 g/mol. The summed E-state index contributed by atoms with van der Waals surface area (Å²) in [6, 6.07) is 7.52. The number of carbonyl (C=O) groups excluding carboxylic acids is 1. The van der Waals surface area contributed by atoms with Crippen LogP contribution in [-0.2, 0) is 4.79 Å². The van der Waals surface area contributed by atoms with E-state index in [1.54, 1.807) is 12.0 Å². The SMILES string of the molecule is COc1cccc(N(C)C(=O)[C@H]2CCCCN2)c1. The Hall–Kier alpha value is -1.55. The minimum Gasteiger partial charge on any atom is -0.497 e. The second-order valence-corrected chi connectivity index (χ2v) is 4.60. The van der Waals surface area contributed by atoms with Crippen LogP contribution in [0.2, 0.25) is 0 Å². The molecule has 1 saturated heterocycles. The van der Waals surface area contributed by atoms with Gasteiger partial charge in [-0.1, -0.05) is 12.5 Å². The van der Waals surface area contributed by atoms with E-state index in [0.717, 1.165) is 37.2 Å². The smallest absolute Gasteiger partial charge is 0.243 e. The highest BCUT2D eigenvalue weighted by molar-refractivity contribution is 5.96. The van der Waals surface area contributed by atoms with Gasteiger partial charge in [0.15, 0.2) is 0 Å². The van der Waals surface area contributed by atoms with E-state index < -0.39 is 0 Å². The largest absolute Gasteiger partial charge is 0.497 e. The number of hydrogen-bond acceptors (Lipinski definition) is 3. The predicted molar refractivity (Wildman–Crippen MR) is 72.0 cm³/mol. The Morgan fingerprint density at radius 3 is 2.94 bits per heavy atom. The van der Waals surface area contributed by atoms with Crippen molar-refractivity contribution in [1.29, 1.82) is 0 Å². The number of ether oxygens (including phenoxy) is 1. The molecular formula is C14H20N2O2. The fourth-order valence-electron chi connectivity index (χ4n) is 2.24. The molecule has 1 aliphatic heterocycles. The predicted octanol–water partition coefficient (Wildman–Crippen LogP) is 1.80. The molecule has 1 N–H and O–H groups in total. The number of carbonyl (C=O) groups is 1. The molecule has 0 unspecified atom stereocenters. The third-order valence-electron chi connectivity index (χ3n) is 3.38. The average Bonchev–Trinajstić information content (AvgIpc) is 2.46. The molecule has 0 aromatic heterocycles. The first-order valence-corrected chi connectivity index (χ1v) is 6.37. The van der Waals surface area contributed by atoms with Crippen LogP contribution in [0.4, 0.5) is 5.69 Å². The van der Waals surface area contributed by atoms with Crippen LogP contribution >= 0.6 is 0 Å². The molecule has 1 fully saturated rings. The van der Waals surface area contributed by atoms with Crippen molar-refractivity contribution in [3.63, 3.8) is 0 Å². The Morgan fingerprint density at radius 1 is 1.44 bits per heavy atom. The number of benzene rings is 1. The molecule has 0 radical (unpaired) electrons. The van der Waals surface area contributed by atoms with Gasteiger partial charge < -0.3 is 15.0 Å². The van der Waals surface area contributed by atoms with Crippen LogP contribution in [-0.4, -0.2) is 32.7 Å². The summed E-state index contributed by atoms with van der Waals surface area (Å²) in [6.07, 6.45) is 3.20. The number of hydrogen-bond donors (Lipinski definition) is 1. The van der Waals surface area contributed by atoms with Crippen molar-refractivity contribution in [2.45, 2.75) is 25.3 Å². The van der Waals surface area contributed by atoms with Crippen molar-refractivity contribution in [3.05, 3.63) is 24.3 Å². The molecule has 4 nitrogen and oxygen atoms in total. The molecule has 2 rings (SSSR count). The summed E-state index contributed by atoms with van der Waals surface area (Å²) >= 11 is 0. The van der Waals surface area contributed by atoms with Crippen molar-refractivity contribution in [1.82, 2.24) is 5.32 Å². The molecule has 4 heteroatoms. The minimum absolute atomic E-state index is 0.0463. The number of likely N-dealkylation sites (N-methyl/N-ethyl adjacent to an activating group) is 1. The van der Waals surface area contributed by atoms with E-state index in [1.165, 1.54) is 0 Å². The van der Waals surface area contributed by atoms with E-state index in [4.69, 9.17) is 4.74 Å².